The maximum absolute atomic E-state index is 12.0. The molecular weight excluding hydrogens is 469 g/mol. The summed E-state index contributed by atoms with van der Waals surface area (Å²) in [6, 6.07) is 12.2. The van der Waals surface area contributed by atoms with Crippen molar-refractivity contribution in [3.8, 4) is 5.75 Å². The second-order valence-corrected chi connectivity index (χ2v) is 8.17. The number of likely N-dealkylation sites (N-methyl/N-ethyl adjacent to an activating group) is 1. The fourth-order valence-corrected chi connectivity index (χ4v) is 4.44. The van der Waals surface area contributed by atoms with Crippen molar-refractivity contribution in [3.63, 3.8) is 0 Å². The van der Waals surface area contributed by atoms with Crippen LogP contribution in [-0.4, -0.2) is 26.2 Å². The molecule has 0 N–H and O–H groups in total. The Kier molecular flexibility index (Phi) is 5.23. The number of hydrogen-bond donors (Lipinski definition) is 0. The van der Waals surface area contributed by atoms with Crippen LogP contribution in [0.2, 0.25) is 0 Å². The molecule has 3 aromatic rings. The molecule has 0 saturated heterocycles. The Bertz CT molecular complexity index is 1040. The molecule has 6 heteroatoms. The van der Waals surface area contributed by atoms with Crippen molar-refractivity contribution >= 4 is 45.2 Å². The summed E-state index contributed by atoms with van der Waals surface area (Å²) in [7, 11) is 2.05. The number of para-hydroxylation sites is 1. The quantitative estimate of drug-likeness (QED) is 0.379. The topological polar surface area (TPSA) is 51.9 Å². The number of furan rings is 1. The number of rotatable bonds is 4. The molecule has 0 fully saturated rings. The number of aryl methyl sites for hydroxylation is 1. The van der Waals surface area contributed by atoms with E-state index in [1.807, 2.05) is 45.2 Å². The first-order valence-corrected chi connectivity index (χ1v) is 10.4. The minimum absolute atomic E-state index is 0.131. The molecule has 1 atom stereocenters. The summed E-state index contributed by atoms with van der Waals surface area (Å²) in [5, 5.41) is 1.08. The van der Waals surface area contributed by atoms with Gasteiger partial charge >= 0.3 is 5.97 Å². The summed E-state index contributed by atoms with van der Waals surface area (Å²) in [5.41, 5.74) is 3.85. The lowest BCUT2D eigenvalue weighted by Gasteiger charge is -2.35. The average molecular weight is 491 g/mol. The monoisotopic (exact) mass is 491 g/mol. The van der Waals surface area contributed by atoms with E-state index in [9.17, 15) is 4.79 Å². The minimum Gasteiger partial charge on any atom is -0.481 e. The predicted molar refractivity (Wildman–Crippen MR) is 117 cm³/mol. The molecule has 2 heterocycles. The number of esters is 1. The highest BCUT2D eigenvalue weighted by Crippen LogP contribution is 2.41. The van der Waals surface area contributed by atoms with E-state index >= 15 is 0 Å². The first-order valence-electron chi connectivity index (χ1n) is 9.31. The predicted octanol–water partition coefficient (Wildman–Crippen LogP) is 5.02. The van der Waals surface area contributed by atoms with Crippen LogP contribution < -0.4 is 9.64 Å². The molecule has 1 aliphatic rings. The molecule has 1 aromatic heterocycles. The minimum atomic E-state index is -0.242. The number of benzene rings is 2. The molecule has 1 unspecified atom stereocenters. The number of carbonyl (C=O) groups is 1. The molecule has 2 aromatic carbocycles. The lowest BCUT2D eigenvalue weighted by atomic mass is 10.0. The molecule has 146 valence electrons. The van der Waals surface area contributed by atoms with E-state index in [2.05, 4.69) is 39.6 Å². The van der Waals surface area contributed by atoms with Gasteiger partial charge in [0.1, 0.15) is 23.2 Å². The number of anilines is 1. The van der Waals surface area contributed by atoms with Gasteiger partial charge in [-0.3, -0.25) is 4.79 Å². The highest BCUT2D eigenvalue weighted by atomic mass is 127. The number of hydrogen-bond acceptors (Lipinski definition) is 5. The summed E-state index contributed by atoms with van der Waals surface area (Å²) in [5.74, 6) is 1.41. The molecule has 1 aliphatic heterocycles. The van der Waals surface area contributed by atoms with Crippen molar-refractivity contribution in [3.05, 3.63) is 56.9 Å². The first-order chi connectivity index (χ1) is 13.5. The van der Waals surface area contributed by atoms with Crippen LogP contribution in [0.15, 0.2) is 40.8 Å². The third-order valence-electron chi connectivity index (χ3n) is 4.92. The Morgan fingerprint density at radius 2 is 2.14 bits per heavy atom. The zero-order valence-electron chi connectivity index (χ0n) is 16.1. The van der Waals surface area contributed by atoms with E-state index in [1.54, 1.807) is 0 Å². The summed E-state index contributed by atoms with van der Waals surface area (Å²) in [6.45, 7) is 4.88. The van der Waals surface area contributed by atoms with Crippen molar-refractivity contribution in [1.29, 1.82) is 0 Å². The Hall–Kier alpha value is -2.22. The van der Waals surface area contributed by atoms with Crippen molar-refractivity contribution < 1.29 is 18.7 Å². The number of carbonyl (C=O) groups excluding carboxylic acids is 1. The standard InChI is InChI=1S/C22H22INO4/c1-4-26-20(25)11-14-6-5-7-18-22(14)28-19(12-24(18)3)15-9-16-8-13(2)27-21(16)17(23)10-15/h5-10,19H,4,11-12H2,1-3H3. The number of ether oxygens (including phenoxy) is 2. The molecule has 5 nitrogen and oxygen atoms in total. The van der Waals surface area contributed by atoms with Gasteiger partial charge in [-0.1, -0.05) is 12.1 Å². The summed E-state index contributed by atoms with van der Waals surface area (Å²) < 4.78 is 18.4. The fourth-order valence-electron chi connectivity index (χ4n) is 3.66. The van der Waals surface area contributed by atoms with Gasteiger partial charge in [0.25, 0.3) is 0 Å². The third-order valence-corrected chi connectivity index (χ3v) is 5.72. The normalized spacial score (nSPS) is 16.0. The maximum atomic E-state index is 12.0. The van der Waals surface area contributed by atoms with Gasteiger partial charge in [0.15, 0.2) is 0 Å². The molecule has 0 amide bonds. The first kappa shape index (κ1) is 19.1. The van der Waals surface area contributed by atoms with Crippen molar-refractivity contribution in [2.45, 2.75) is 26.4 Å². The van der Waals surface area contributed by atoms with Crippen LogP contribution in [0.1, 0.15) is 29.9 Å². The Balaban J connectivity index is 1.70. The van der Waals surface area contributed by atoms with Gasteiger partial charge in [-0.25, -0.2) is 0 Å². The fraction of sp³-hybridized carbons (Fsp3) is 0.318. The second kappa shape index (κ2) is 7.66. The number of halogens is 1. The molecule has 0 aliphatic carbocycles. The molecular formula is C22H22INO4. The highest BCUT2D eigenvalue weighted by molar-refractivity contribution is 14.1. The van der Waals surface area contributed by atoms with Crippen LogP contribution in [0.25, 0.3) is 11.0 Å². The summed E-state index contributed by atoms with van der Waals surface area (Å²) in [6.07, 6.45) is 0.0729. The van der Waals surface area contributed by atoms with E-state index in [-0.39, 0.29) is 18.5 Å². The zero-order valence-corrected chi connectivity index (χ0v) is 18.3. The van der Waals surface area contributed by atoms with Gasteiger partial charge in [-0.15, -0.1) is 0 Å². The van der Waals surface area contributed by atoms with Crippen LogP contribution >= 0.6 is 22.6 Å². The Morgan fingerprint density at radius 3 is 2.93 bits per heavy atom. The Labute approximate surface area is 177 Å². The zero-order chi connectivity index (χ0) is 19.8. The van der Waals surface area contributed by atoms with Gasteiger partial charge in [0.05, 0.1) is 28.8 Å². The van der Waals surface area contributed by atoms with Crippen LogP contribution in [0.5, 0.6) is 5.75 Å². The van der Waals surface area contributed by atoms with Crippen LogP contribution in [0.4, 0.5) is 5.69 Å². The van der Waals surface area contributed by atoms with Crippen LogP contribution in [-0.2, 0) is 16.0 Å². The van der Waals surface area contributed by atoms with Gasteiger partial charge in [0, 0.05) is 18.0 Å². The van der Waals surface area contributed by atoms with Crippen molar-refractivity contribution in [2.24, 2.45) is 0 Å². The van der Waals surface area contributed by atoms with E-state index in [4.69, 9.17) is 13.9 Å². The van der Waals surface area contributed by atoms with Crippen LogP contribution in [0, 0.1) is 10.5 Å². The highest BCUT2D eigenvalue weighted by Gasteiger charge is 2.28. The van der Waals surface area contributed by atoms with E-state index < -0.39 is 0 Å². The number of nitrogens with zero attached hydrogens (tertiary/aromatic N) is 1. The van der Waals surface area contributed by atoms with Crippen molar-refractivity contribution in [2.75, 3.05) is 25.1 Å². The molecule has 0 bridgehead atoms. The van der Waals surface area contributed by atoms with Gasteiger partial charge in [0.2, 0.25) is 0 Å². The largest absolute Gasteiger partial charge is 0.481 e. The Morgan fingerprint density at radius 1 is 1.32 bits per heavy atom. The lowest BCUT2D eigenvalue weighted by molar-refractivity contribution is -0.142. The van der Waals surface area contributed by atoms with Gasteiger partial charge in [-0.2, -0.15) is 0 Å². The lowest BCUT2D eigenvalue weighted by Crippen LogP contribution is -2.32. The van der Waals surface area contributed by atoms with Gasteiger partial charge in [-0.05, 0) is 66.3 Å². The van der Waals surface area contributed by atoms with E-state index in [1.165, 1.54) is 0 Å². The average Bonchev–Trinajstić information content (AvgIpc) is 3.03. The molecule has 0 radical (unpaired) electrons. The summed E-state index contributed by atoms with van der Waals surface area (Å²) in [4.78, 5) is 14.2. The molecule has 0 spiro atoms. The third kappa shape index (κ3) is 3.57. The smallest absolute Gasteiger partial charge is 0.310 e. The van der Waals surface area contributed by atoms with Gasteiger partial charge < -0.3 is 18.8 Å². The summed E-state index contributed by atoms with van der Waals surface area (Å²) >= 11 is 2.31. The second-order valence-electron chi connectivity index (χ2n) is 7.01. The van der Waals surface area contributed by atoms with E-state index in [0.29, 0.717) is 6.61 Å². The molecule has 28 heavy (non-hydrogen) atoms. The van der Waals surface area contributed by atoms with Crippen molar-refractivity contribution in [1.82, 2.24) is 0 Å². The maximum Gasteiger partial charge on any atom is 0.310 e. The number of fused-ring (bicyclic) bond motifs is 2. The SMILES string of the molecule is CCOC(=O)Cc1cccc2c1OC(c1cc(I)c3oc(C)cc3c1)CN2C. The van der Waals surface area contributed by atoms with E-state index in [0.717, 1.165) is 49.4 Å². The van der Waals surface area contributed by atoms with Crippen LogP contribution in [0.3, 0.4) is 0 Å². The molecule has 0 saturated carbocycles. The molecule has 4 rings (SSSR count).